The van der Waals surface area contributed by atoms with Gasteiger partial charge in [0.25, 0.3) is 0 Å². The van der Waals surface area contributed by atoms with Gasteiger partial charge in [-0.25, -0.2) is 4.79 Å². The Labute approximate surface area is 60.6 Å². The summed E-state index contributed by atoms with van der Waals surface area (Å²) >= 11 is 0. The lowest BCUT2D eigenvalue weighted by atomic mass is 10.4. The van der Waals surface area contributed by atoms with Crippen molar-refractivity contribution in [3.05, 3.63) is 11.8 Å². The third-order valence-electron chi connectivity index (χ3n) is 0.996. The van der Waals surface area contributed by atoms with Gasteiger partial charge < -0.3 is 9.47 Å². The lowest BCUT2D eigenvalue weighted by molar-refractivity contribution is -0.139. The SMILES string of the molecule is CCC=C(OC)C(=O)OC. The van der Waals surface area contributed by atoms with Gasteiger partial charge in [0.1, 0.15) is 0 Å². The van der Waals surface area contributed by atoms with E-state index in [1.165, 1.54) is 14.2 Å². The lowest BCUT2D eigenvalue weighted by Gasteiger charge is -2.01. The molecule has 0 saturated heterocycles. The van der Waals surface area contributed by atoms with Crippen molar-refractivity contribution in [2.24, 2.45) is 0 Å². The molecule has 0 aromatic rings. The molecular weight excluding hydrogens is 132 g/mol. The zero-order valence-corrected chi connectivity index (χ0v) is 6.51. The predicted octanol–water partition coefficient (Wildman–Crippen LogP) is 1.10. The predicted molar refractivity (Wildman–Crippen MR) is 37.4 cm³/mol. The van der Waals surface area contributed by atoms with Crippen LogP contribution in [0.5, 0.6) is 0 Å². The third kappa shape index (κ3) is 2.53. The van der Waals surface area contributed by atoms with Crippen LogP contribution in [0.25, 0.3) is 0 Å². The summed E-state index contributed by atoms with van der Waals surface area (Å²) in [6.45, 7) is 1.92. The van der Waals surface area contributed by atoms with E-state index < -0.39 is 5.97 Å². The topological polar surface area (TPSA) is 35.5 Å². The van der Waals surface area contributed by atoms with Gasteiger partial charge in [-0.2, -0.15) is 0 Å². The molecule has 0 aliphatic rings. The van der Waals surface area contributed by atoms with Crippen molar-refractivity contribution in [3.63, 3.8) is 0 Å². The zero-order valence-electron chi connectivity index (χ0n) is 6.51. The first kappa shape index (κ1) is 9.01. The molecule has 0 rings (SSSR count). The van der Waals surface area contributed by atoms with Crippen molar-refractivity contribution >= 4 is 5.97 Å². The second-order valence-corrected chi connectivity index (χ2v) is 1.67. The molecule has 3 heteroatoms. The highest BCUT2D eigenvalue weighted by molar-refractivity contribution is 5.85. The minimum Gasteiger partial charge on any atom is -0.490 e. The van der Waals surface area contributed by atoms with E-state index in [0.717, 1.165) is 6.42 Å². The number of ether oxygens (including phenoxy) is 2. The molecule has 10 heavy (non-hydrogen) atoms. The number of hydrogen-bond donors (Lipinski definition) is 0. The first-order valence-electron chi connectivity index (χ1n) is 3.08. The molecule has 58 valence electrons. The molecule has 0 N–H and O–H groups in total. The first-order valence-corrected chi connectivity index (χ1v) is 3.08. The van der Waals surface area contributed by atoms with Crippen LogP contribution < -0.4 is 0 Å². The molecule has 0 bridgehead atoms. The van der Waals surface area contributed by atoms with Crippen LogP contribution >= 0.6 is 0 Å². The maximum atomic E-state index is 10.7. The third-order valence-corrected chi connectivity index (χ3v) is 0.996. The summed E-state index contributed by atoms with van der Waals surface area (Å²) in [5.41, 5.74) is 0. The van der Waals surface area contributed by atoms with Crippen LogP contribution in [0.2, 0.25) is 0 Å². The summed E-state index contributed by atoms with van der Waals surface area (Å²) in [6.07, 6.45) is 2.43. The Morgan fingerprint density at radius 3 is 2.30 bits per heavy atom. The lowest BCUT2D eigenvalue weighted by Crippen LogP contribution is -2.05. The van der Waals surface area contributed by atoms with Crippen LogP contribution in [0.1, 0.15) is 13.3 Å². The fourth-order valence-corrected chi connectivity index (χ4v) is 0.536. The van der Waals surface area contributed by atoms with E-state index in [1.54, 1.807) is 6.08 Å². The van der Waals surface area contributed by atoms with Crippen molar-refractivity contribution in [3.8, 4) is 0 Å². The molecule has 3 nitrogen and oxygen atoms in total. The van der Waals surface area contributed by atoms with Crippen molar-refractivity contribution in [2.75, 3.05) is 14.2 Å². The minimum absolute atomic E-state index is 0.269. The van der Waals surface area contributed by atoms with Crippen LogP contribution in [0.3, 0.4) is 0 Å². The summed E-state index contributed by atoms with van der Waals surface area (Å²) in [5, 5.41) is 0. The average molecular weight is 144 g/mol. The van der Waals surface area contributed by atoms with E-state index in [9.17, 15) is 4.79 Å². The highest BCUT2D eigenvalue weighted by Gasteiger charge is 2.06. The summed E-state index contributed by atoms with van der Waals surface area (Å²) in [5.74, 6) is -0.158. The average Bonchev–Trinajstić information content (AvgIpc) is 1.99. The molecule has 0 aromatic heterocycles. The van der Waals surface area contributed by atoms with Gasteiger partial charge in [0.15, 0.2) is 5.76 Å². The number of carbonyl (C=O) groups is 1. The largest absolute Gasteiger partial charge is 0.490 e. The van der Waals surface area contributed by atoms with E-state index in [-0.39, 0.29) is 5.76 Å². The van der Waals surface area contributed by atoms with Gasteiger partial charge in [-0.15, -0.1) is 0 Å². The summed E-state index contributed by atoms with van der Waals surface area (Å²) in [6, 6.07) is 0. The van der Waals surface area contributed by atoms with Crippen molar-refractivity contribution in [1.29, 1.82) is 0 Å². The van der Waals surface area contributed by atoms with Gasteiger partial charge in [-0.1, -0.05) is 6.92 Å². The molecule has 0 heterocycles. The fraction of sp³-hybridized carbons (Fsp3) is 0.571. The van der Waals surface area contributed by atoms with Gasteiger partial charge in [0, 0.05) is 0 Å². The standard InChI is InChI=1S/C7H12O3/c1-4-5-6(9-2)7(8)10-3/h5H,4H2,1-3H3. The number of allylic oxidation sites excluding steroid dienone is 1. The van der Waals surface area contributed by atoms with E-state index >= 15 is 0 Å². The van der Waals surface area contributed by atoms with Crippen molar-refractivity contribution in [1.82, 2.24) is 0 Å². The van der Waals surface area contributed by atoms with Gasteiger partial charge in [-0.3, -0.25) is 0 Å². The van der Waals surface area contributed by atoms with Gasteiger partial charge >= 0.3 is 5.97 Å². The molecule has 0 atom stereocenters. The summed E-state index contributed by atoms with van der Waals surface area (Å²) in [4.78, 5) is 10.7. The summed E-state index contributed by atoms with van der Waals surface area (Å²) in [7, 11) is 2.77. The van der Waals surface area contributed by atoms with Crippen molar-refractivity contribution in [2.45, 2.75) is 13.3 Å². The molecule has 0 amide bonds. The first-order chi connectivity index (χ1) is 4.76. The van der Waals surface area contributed by atoms with Gasteiger partial charge in [-0.05, 0) is 12.5 Å². The Morgan fingerprint density at radius 1 is 1.40 bits per heavy atom. The van der Waals surface area contributed by atoms with Crippen molar-refractivity contribution < 1.29 is 14.3 Å². The highest BCUT2D eigenvalue weighted by atomic mass is 16.6. The number of hydrogen-bond acceptors (Lipinski definition) is 3. The normalized spacial score (nSPS) is 10.9. The van der Waals surface area contributed by atoms with Crippen LogP contribution in [0.4, 0.5) is 0 Å². The van der Waals surface area contributed by atoms with Crippen LogP contribution in [-0.4, -0.2) is 20.2 Å². The minimum atomic E-state index is -0.427. The molecule has 0 unspecified atom stereocenters. The maximum absolute atomic E-state index is 10.7. The number of esters is 1. The molecule has 0 aliphatic heterocycles. The van der Waals surface area contributed by atoms with E-state index in [4.69, 9.17) is 4.74 Å². The zero-order chi connectivity index (χ0) is 7.98. The van der Waals surface area contributed by atoms with Crippen LogP contribution in [0, 0.1) is 0 Å². The van der Waals surface area contributed by atoms with E-state index in [2.05, 4.69) is 4.74 Å². The summed E-state index contributed by atoms with van der Waals surface area (Å²) < 4.78 is 9.15. The molecular formula is C7H12O3. The number of methoxy groups -OCH3 is 2. The Bertz CT molecular complexity index is 138. The molecule has 0 aliphatic carbocycles. The Hall–Kier alpha value is -0.990. The maximum Gasteiger partial charge on any atom is 0.372 e. The Morgan fingerprint density at radius 2 is 2.00 bits per heavy atom. The van der Waals surface area contributed by atoms with E-state index in [1.807, 2.05) is 6.92 Å². The fourth-order valence-electron chi connectivity index (χ4n) is 0.536. The Balaban J connectivity index is 4.06. The molecule has 0 saturated carbocycles. The monoisotopic (exact) mass is 144 g/mol. The molecule has 0 aromatic carbocycles. The van der Waals surface area contributed by atoms with Gasteiger partial charge in [0.2, 0.25) is 0 Å². The quantitative estimate of drug-likeness (QED) is 0.338. The van der Waals surface area contributed by atoms with Crippen LogP contribution in [0.15, 0.2) is 11.8 Å². The number of rotatable bonds is 3. The van der Waals surface area contributed by atoms with Crippen LogP contribution in [-0.2, 0) is 14.3 Å². The van der Waals surface area contributed by atoms with Gasteiger partial charge in [0.05, 0.1) is 14.2 Å². The van der Waals surface area contributed by atoms with E-state index in [0.29, 0.717) is 0 Å². The second kappa shape index (κ2) is 4.85. The molecule has 0 fully saturated rings. The highest BCUT2D eigenvalue weighted by Crippen LogP contribution is 1.98. The molecule has 0 radical (unpaired) electrons. The second-order valence-electron chi connectivity index (χ2n) is 1.67. The smallest absolute Gasteiger partial charge is 0.372 e. The number of carbonyl (C=O) groups excluding carboxylic acids is 1. The Kier molecular flexibility index (Phi) is 4.37. The molecule has 0 spiro atoms.